The summed E-state index contributed by atoms with van der Waals surface area (Å²) >= 11 is 0. The van der Waals surface area contributed by atoms with E-state index in [1.54, 1.807) is 12.4 Å². The van der Waals surface area contributed by atoms with Crippen LogP contribution in [0.3, 0.4) is 0 Å². The van der Waals surface area contributed by atoms with Gasteiger partial charge >= 0.3 is 0 Å². The van der Waals surface area contributed by atoms with E-state index in [1.807, 2.05) is 0 Å². The van der Waals surface area contributed by atoms with E-state index in [0.717, 1.165) is 18.7 Å². The van der Waals surface area contributed by atoms with Crippen LogP contribution in [0.2, 0.25) is 0 Å². The van der Waals surface area contributed by atoms with Gasteiger partial charge in [0.15, 0.2) is 0 Å². The molecule has 0 amide bonds. The number of nitrogens with two attached hydrogens (primary N) is 1. The smallest absolute Gasteiger partial charge is 0.147 e. The van der Waals surface area contributed by atoms with Crippen molar-refractivity contribution in [1.29, 1.82) is 0 Å². The number of nitrogens with zero attached hydrogens (tertiary/aromatic N) is 2. The van der Waals surface area contributed by atoms with Gasteiger partial charge in [-0.25, -0.2) is 4.98 Å². The molecule has 0 aliphatic carbocycles. The van der Waals surface area contributed by atoms with E-state index < -0.39 is 0 Å². The molecule has 0 saturated carbocycles. The van der Waals surface area contributed by atoms with Gasteiger partial charge in [0, 0.05) is 5.54 Å². The maximum atomic E-state index is 5.55. The highest BCUT2D eigenvalue weighted by Gasteiger charge is 2.19. The molecule has 3 N–H and O–H groups in total. The van der Waals surface area contributed by atoms with E-state index in [2.05, 4.69) is 36.1 Å². The molecule has 0 bridgehead atoms. The monoisotopic (exact) mass is 194 g/mol. The minimum Gasteiger partial charge on any atom is -0.382 e. The van der Waals surface area contributed by atoms with Gasteiger partial charge in [0.1, 0.15) is 11.6 Å². The second-order valence-corrected chi connectivity index (χ2v) is 3.72. The first-order valence-corrected chi connectivity index (χ1v) is 4.95. The molecule has 1 heterocycles. The van der Waals surface area contributed by atoms with Gasteiger partial charge in [-0.3, -0.25) is 4.98 Å². The first-order valence-electron chi connectivity index (χ1n) is 4.95. The Morgan fingerprint density at radius 3 is 2.50 bits per heavy atom. The molecule has 0 spiro atoms. The van der Waals surface area contributed by atoms with Crippen LogP contribution in [-0.2, 0) is 0 Å². The van der Waals surface area contributed by atoms with Crippen LogP contribution in [-0.4, -0.2) is 15.5 Å². The molecule has 0 fully saturated rings. The highest BCUT2D eigenvalue weighted by molar-refractivity contribution is 5.40. The molecule has 0 aliphatic rings. The molecular formula is C10H18N4. The summed E-state index contributed by atoms with van der Waals surface area (Å²) in [5.74, 6) is 1.20. The molecule has 0 atom stereocenters. The van der Waals surface area contributed by atoms with E-state index in [-0.39, 0.29) is 5.54 Å². The molecule has 1 aromatic heterocycles. The third-order valence-corrected chi connectivity index (χ3v) is 2.64. The summed E-state index contributed by atoms with van der Waals surface area (Å²) in [6.07, 6.45) is 5.32. The van der Waals surface area contributed by atoms with Crippen molar-refractivity contribution in [3.05, 3.63) is 12.4 Å². The Bertz CT molecular complexity index is 294. The Morgan fingerprint density at radius 1 is 1.36 bits per heavy atom. The maximum absolute atomic E-state index is 5.55. The lowest BCUT2D eigenvalue weighted by atomic mass is 9.96. The second-order valence-electron chi connectivity index (χ2n) is 3.72. The maximum Gasteiger partial charge on any atom is 0.147 e. The lowest BCUT2D eigenvalue weighted by Crippen LogP contribution is -2.33. The summed E-state index contributed by atoms with van der Waals surface area (Å²) in [4.78, 5) is 8.15. The molecular weight excluding hydrogens is 176 g/mol. The molecule has 14 heavy (non-hydrogen) atoms. The fourth-order valence-electron chi connectivity index (χ4n) is 1.18. The number of hydrogen-bond donors (Lipinski definition) is 2. The minimum atomic E-state index is 0.0719. The van der Waals surface area contributed by atoms with Crippen molar-refractivity contribution >= 4 is 11.6 Å². The second kappa shape index (κ2) is 4.26. The van der Waals surface area contributed by atoms with Crippen molar-refractivity contribution in [2.45, 2.75) is 39.2 Å². The molecule has 0 saturated heterocycles. The summed E-state index contributed by atoms with van der Waals surface area (Å²) in [6.45, 7) is 6.46. The topological polar surface area (TPSA) is 63.8 Å². The summed E-state index contributed by atoms with van der Waals surface area (Å²) in [6, 6.07) is 0. The van der Waals surface area contributed by atoms with Crippen molar-refractivity contribution in [3.63, 3.8) is 0 Å². The predicted octanol–water partition coefficient (Wildman–Crippen LogP) is 2.05. The highest BCUT2D eigenvalue weighted by Crippen LogP contribution is 2.19. The minimum absolute atomic E-state index is 0.0719. The van der Waals surface area contributed by atoms with Gasteiger partial charge < -0.3 is 11.1 Å². The summed E-state index contributed by atoms with van der Waals surface area (Å²) in [5.41, 5.74) is 5.62. The van der Waals surface area contributed by atoms with E-state index in [4.69, 9.17) is 5.73 Å². The number of aromatic nitrogens is 2. The zero-order valence-electron chi connectivity index (χ0n) is 9.04. The number of rotatable bonds is 4. The van der Waals surface area contributed by atoms with E-state index >= 15 is 0 Å². The van der Waals surface area contributed by atoms with Crippen molar-refractivity contribution in [2.75, 3.05) is 11.1 Å². The molecule has 4 heteroatoms. The summed E-state index contributed by atoms with van der Waals surface area (Å²) in [7, 11) is 0. The fourth-order valence-corrected chi connectivity index (χ4v) is 1.18. The molecule has 4 nitrogen and oxygen atoms in total. The number of anilines is 2. The van der Waals surface area contributed by atoms with Crippen LogP contribution in [0, 0.1) is 0 Å². The van der Waals surface area contributed by atoms with E-state index in [9.17, 15) is 0 Å². The van der Waals surface area contributed by atoms with Gasteiger partial charge in [0.25, 0.3) is 0 Å². The van der Waals surface area contributed by atoms with Crippen LogP contribution in [0.1, 0.15) is 33.6 Å². The molecule has 0 aromatic carbocycles. The van der Waals surface area contributed by atoms with Gasteiger partial charge in [0.2, 0.25) is 0 Å². The Balaban J connectivity index is 2.77. The van der Waals surface area contributed by atoms with Crippen LogP contribution < -0.4 is 11.1 Å². The summed E-state index contributed by atoms with van der Waals surface area (Å²) < 4.78 is 0. The van der Waals surface area contributed by atoms with E-state index in [1.165, 1.54) is 0 Å². The van der Waals surface area contributed by atoms with Gasteiger partial charge in [-0.2, -0.15) is 0 Å². The van der Waals surface area contributed by atoms with Gasteiger partial charge in [0.05, 0.1) is 12.4 Å². The molecule has 0 aliphatic heterocycles. The van der Waals surface area contributed by atoms with Gasteiger partial charge in [-0.15, -0.1) is 0 Å². The van der Waals surface area contributed by atoms with Crippen molar-refractivity contribution < 1.29 is 0 Å². The first-order chi connectivity index (χ1) is 6.59. The van der Waals surface area contributed by atoms with E-state index in [0.29, 0.717) is 5.82 Å². The van der Waals surface area contributed by atoms with Crippen molar-refractivity contribution in [2.24, 2.45) is 0 Å². The Kier molecular flexibility index (Phi) is 3.28. The molecule has 1 aromatic rings. The standard InChI is InChI=1S/C10H18N4/c1-4-10(3,5-2)14-9-7-12-6-8(11)13-9/h6-7H,4-5H2,1-3H3,(H3,11,13,14). The lowest BCUT2D eigenvalue weighted by Gasteiger charge is -2.28. The lowest BCUT2D eigenvalue weighted by molar-refractivity contribution is 0.476. The normalized spacial score (nSPS) is 11.4. The van der Waals surface area contributed by atoms with Gasteiger partial charge in [-0.05, 0) is 19.8 Å². The van der Waals surface area contributed by atoms with Crippen LogP contribution in [0.4, 0.5) is 11.6 Å². The fraction of sp³-hybridized carbons (Fsp3) is 0.600. The Hall–Kier alpha value is -1.32. The average Bonchev–Trinajstić information content (AvgIpc) is 2.18. The SMILES string of the molecule is CCC(C)(CC)Nc1cncc(N)n1. The number of nitrogen functional groups attached to an aromatic ring is 1. The van der Waals surface area contributed by atoms with Gasteiger partial charge in [-0.1, -0.05) is 13.8 Å². The van der Waals surface area contributed by atoms with Crippen molar-refractivity contribution in [3.8, 4) is 0 Å². The zero-order valence-corrected chi connectivity index (χ0v) is 9.04. The third-order valence-electron chi connectivity index (χ3n) is 2.64. The third kappa shape index (κ3) is 2.58. The Labute approximate surface area is 85.0 Å². The highest BCUT2D eigenvalue weighted by atomic mass is 15.1. The number of nitrogens with one attached hydrogen (secondary N) is 1. The molecule has 0 radical (unpaired) electrons. The molecule has 78 valence electrons. The number of hydrogen-bond acceptors (Lipinski definition) is 4. The molecule has 1 rings (SSSR count). The van der Waals surface area contributed by atoms with Crippen LogP contribution in [0.5, 0.6) is 0 Å². The largest absolute Gasteiger partial charge is 0.382 e. The summed E-state index contributed by atoms with van der Waals surface area (Å²) in [5, 5.41) is 3.34. The predicted molar refractivity (Wildman–Crippen MR) is 59.1 cm³/mol. The average molecular weight is 194 g/mol. The first kappa shape index (κ1) is 10.8. The van der Waals surface area contributed by atoms with Crippen LogP contribution >= 0.6 is 0 Å². The van der Waals surface area contributed by atoms with Crippen LogP contribution in [0.25, 0.3) is 0 Å². The Morgan fingerprint density at radius 2 is 2.00 bits per heavy atom. The zero-order chi connectivity index (χ0) is 10.6. The van der Waals surface area contributed by atoms with Crippen LogP contribution in [0.15, 0.2) is 12.4 Å². The quantitative estimate of drug-likeness (QED) is 0.770. The van der Waals surface area contributed by atoms with Crippen molar-refractivity contribution in [1.82, 2.24) is 9.97 Å². The molecule has 0 unspecified atom stereocenters.